The highest BCUT2D eigenvalue weighted by Crippen LogP contribution is 2.15. The number of methoxy groups -OCH3 is 1. The Balaban J connectivity index is 1.76. The summed E-state index contributed by atoms with van der Waals surface area (Å²) in [6, 6.07) is 16.3. The first kappa shape index (κ1) is 17.1. The number of aryl methyl sites for hydroxylation is 1. The number of benzene rings is 2. The van der Waals surface area contributed by atoms with Gasteiger partial charge in [-0.3, -0.25) is 4.79 Å². The molecule has 23 heavy (non-hydrogen) atoms. The first-order valence-corrected chi connectivity index (χ1v) is 8.07. The molecule has 0 aliphatic carbocycles. The van der Waals surface area contributed by atoms with Crippen LogP contribution in [-0.2, 0) is 17.8 Å². The van der Waals surface area contributed by atoms with E-state index in [-0.39, 0.29) is 5.91 Å². The van der Waals surface area contributed by atoms with E-state index in [2.05, 4.69) is 43.4 Å². The average Bonchev–Trinajstić information content (AvgIpc) is 2.59. The molecule has 1 amide bonds. The molecule has 2 aromatic carbocycles. The van der Waals surface area contributed by atoms with E-state index in [0.717, 1.165) is 17.7 Å². The van der Waals surface area contributed by atoms with E-state index >= 15 is 0 Å². The van der Waals surface area contributed by atoms with Gasteiger partial charge in [-0.05, 0) is 41.2 Å². The van der Waals surface area contributed by atoms with E-state index in [0.29, 0.717) is 18.9 Å². The number of rotatable bonds is 7. The van der Waals surface area contributed by atoms with Gasteiger partial charge in [0.2, 0.25) is 5.91 Å². The lowest BCUT2D eigenvalue weighted by atomic mass is 10.0. The highest BCUT2D eigenvalue weighted by Gasteiger charge is 2.04. The number of amides is 1. The van der Waals surface area contributed by atoms with Gasteiger partial charge in [0.05, 0.1) is 7.11 Å². The van der Waals surface area contributed by atoms with Crippen LogP contribution in [0.25, 0.3) is 0 Å². The zero-order chi connectivity index (χ0) is 16.7. The number of carbonyl (C=O) groups excluding carboxylic acids is 1. The Bertz CT molecular complexity index is 615. The van der Waals surface area contributed by atoms with Gasteiger partial charge in [-0.1, -0.05) is 50.2 Å². The molecule has 0 aliphatic rings. The summed E-state index contributed by atoms with van der Waals surface area (Å²) in [4.78, 5) is 12.0. The number of ether oxygens (including phenoxy) is 1. The van der Waals surface area contributed by atoms with Gasteiger partial charge in [-0.15, -0.1) is 0 Å². The van der Waals surface area contributed by atoms with Gasteiger partial charge in [0.15, 0.2) is 0 Å². The molecular weight excluding hydrogens is 286 g/mol. The molecule has 2 aromatic rings. The molecule has 0 aromatic heterocycles. The monoisotopic (exact) mass is 311 g/mol. The fourth-order valence-corrected chi connectivity index (χ4v) is 2.36. The molecular formula is C20H25NO2. The van der Waals surface area contributed by atoms with Crippen LogP contribution < -0.4 is 10.1 Å². The second-order valence-electron chi connectivity index (χ2n) is 6.02. The Labute approximate surface area is 138 Å². The summed E-state index contributed by atoms with van der Waals surface area (Å²) in [7, 11) is 1.64. The van der Waals surface area contributed by atoms with E-state index in [9.17, 15) is 4.79 Å². The number of hydrogen-bond donors (Lipinski definition) is 1. The summed E-state index contributed by atoms with van der Waals surface area (Å²) < 4.78 is 5.12. The van der Waals surface area contributed by atoms with Crippen molar-refractivity contribution in [3.05, 3.63) is 65.2 Å². The molecule has 0 fully saturated rings. The summed E-state index contributed by atoms with van der Waals surface area (Å²) in [6.07, 6.45) is 1.28. The van der Waals surface area contributed by atoms with Gasteiger partial charge in [0.25, 0.3) is 0 Å². The minimum absolute atomic E-state index is 0.0776. The predicted molar refractivity (Wildman–Crippen MR) is 93.7 cm³/mol. The van der Waals surface area contributed by atoms with Crippen LogP contribution in [-0.4, -0.2) is 13.0 Å². The third kappa shape index (κ3) is 5.44. The molecule has 2 rings (SSSR count). The number of hydrogen-bond acceptors (Lipinski definition) is 2. The Morgan fingerprint density at radius 2 is 1.61 bits per heavy atom. The molecule has 0 atom stereocenters. The van der Waals surface area contributed by atoms with E-state index in [1.54, 1.807) is 7.11 Å². The number of nitrogens with one attached hydrogen (secondary N) is 1. The van der Waals surface area contributed by atoms with Crippen molar-refractivity contribution >= 4 is 5.91 Å². The molecule has 0 spiro atoms. The summed E-state index contributed by atoms with van der Waals surface area (Å²) in [5.41, 5.74) is 3.60. The zero-order valence-corrected chi connectivity index (χ0v) is 14.1. The SMILES string of the molecule is COc1ccc(CNC(=O)CCc2ccc(C(C)C)cc2)cc1. The molecule has 0 heterocycles. The van der Waals surface area contributed by atoms with Crippen molar-refractivity contribution < 1.29 is 9.53 Å². The van der Waals surface area contributed by atoms with Crippen LogP contribution in [0.3, 0.4) is 0 Å². The summed E-state index contributed by atoms with van der Waals surface area (Å²) in [6.45, 7) is 4.92. The average molecular weight is 311 g/mol. The van der Waals surface area contributed by atoms with E-state index in [1.807, 2.05) is 24.3 Å². The smallest absolute Gasteiger partial charge is 0.220 e. The third-order valence-corrected chi connectivity index (χ3v) is 3.94. The fraction of sp³-hybridized carbons (Fsp3) is 0.350. The van der Waals surface area contributed by atoms with Crippen LogP contribution in [0.4, 0.5) is 0 Å². The molecule has 3 heteroatoms. The molecule has 0 unspecified atom stereocenters. The molecule has 0 aliphatic heterocycles. The highest BCUT2D eigenvalue weighted by atomic mass is 16.5. The summed E-state index contributed by atoms with van der Waals surface area (Å²) >= 11 is 0. The lowest BCUT2D eigenvalue weighted by molar-refractivity contribution is -0.121. The van der Waals surface area contributed by atoms with Crippen molar-refractivity contribution in [1.82, 2.24) is 5.32 Å². The third-order valence-electron chi connectivity index (χ3n) is 3.94. The predicted octanol–water partition coefficient (Wildman–Crippen LogP) is 4.07. The van der Waals surface area contributed by atoms with Gasteiger partial charge in [-0.2, -0.15) is 0 Å². The maximum atomic E-state index is 12.0. The second kappa shape index (κ2) is 8.37. The molecule has 122 valence electrons. The van der Waals surface area contributed by atoms with E-state index in [1.165, 1.54) is 11.1 Å². The van der Waals surface area contributed by atoms with Crippen molar-refractivity contribution in [2.45, 2.75) is 39.2 Å². The first-order valence-electron chi connectivity index (χ1n) is 8.07. The van der Waals surface area contributed by atoms with Crippen LogP contribution in [0.2, 0.25) is 0 Å². The molecule has 0 saturated heterocycles. The Hall–Kier alpha value is -2.29. The zero-order valence-electron chi connectivity index (χ0n) is 14.1. The van der Waals surface area contributed by atoms with Gasteiger partial charge in [-0.25, -0.2) is 0 Å². The quantitative estimate of drug-likeness (QED) is 0.837. The van der Waals surface area contributed by atoms with Crippen LogP contribution >= 0.6 is 0 Å². The standard InChI is InChI=1S/C20H25NO2/c1-15(2)18-9-4-16(5-10-18)8-13-20(22)21-14-17-6-11-19(23-3)12-7-17/h4-7,9-12,15H,8,13-14H2,1-3H3,(H,21,22). The van der Waals surface area contributed by atoms with Crippen LogP contribution in [0.1, 0.15) is 42.9 Å². The van der Waals surface area contributed by atoms with E-state index in [4.69, 9.17) is 4.74 Å². The summed E-state index contributed by atoms with van der Waals surface area (Å²) in [5.74, 6) is 1.44. The minimum atomic E-state index is 0.0776. The minimum Gasteiger partial charge on any atom is -0.497 e. The van der Waals surface area contributed by atoms with Crippen molar-refractivity contribution in [1.29, 1.82) is 0 Å². The fourth-order valence-electron chi connectivity index (χ4n) is 2.36. The van der Waals surface area contributed by atoms with Gasteiger partial charge in [0, 0.05) is 13.0 Å². The van der Waals surface area contributed by atoms with Crippen molar-refractivity contribution in [2.75, 3.05) is 7.11 Å². The Morgan fingerprint density at radius 3 is 2.17 bits per heavy atom. The first-order chi connectivity index (χ1) is 11.1. The number of carbonyl (C=O) groups is 1. The van der Waals surface area contributed by atoms with Crippen molar-refractivity contribution in [3.8, 4) is 5.75 Å². The molecule has 0 bridgehead atoms. The topological polar surface area (TPSA) is 38.3 Å². The lowest BCUT2D eigenvalue weighted by Gasteiger charge is -2.08. The maximum absolute atomic E-state index is 12.0. The largest absolute Gasteiger partial charge is 0.497 e. The molecule has 0 saturated carbocycles. The van der Waals surface area contributed by atoms with Crippen molar-refractivity contribution in [3.63, 3.8) is 0 Å². The Morgan fingerprint density at radius 1 is 1.00 bits per heavy atom. The lowest BCUT2D eigenvalue weighted by Crippen LogP contribution is -2.22. The highest BCUT2D eigenvalue weighted by molar-refractivity contribution is 5.76. The van der Waals surface area contributed by atoms with Gasteiger partial charge >= 0.3 is 0 Å². The van der Waals surface area contributed by atoms with Crippen LogP contribution in [0.5, 0.6) is 5.75 Å². The summed E-state index contributed by atoms with van der Waals surface area (Å²) in [5, 5.41) is 2.96. The normalized spacial score (nSPS) is 10.6. The molecule has 1 N–H and O–H groups in total. The molecule has 0 radical (unpaired) electrons. The van der Waals surface area contributed by atoms with Crippen LogP contribution in [0.15, 0.2) is 48.5 Å². The maximum Gasteiger partial charge on any atom is 0.220 e. The second-order valence-corrected chi connectivity index (χ2v) is 6.02. The Kier molecular flexibility index (Phi) is 6.21. The van der Waals surface area contributed by atoms with Crippen molar-refractivity contribution in [2.24, 2.45) is 0 Å². The molecule has 3 nitrogen and oxygen atoms in total. The van der Waals surface area contributed by atoms with Gasteiger partial charge in [0.1, 0.15) is 5.75 Å². The van der Waals surface area contributed by atoms with Gasteiger partial charge < -0.3 is 10.1 Å². The van der Waals surface area contributed by atoms with Crippen LogP contribution in [0, 0.1) is 0 Å². The van der Waals surface area contributed by atoms with E-state index < -0.39 is 0 Å².